The largest absolute Gasteiger partial charge is 0.497 e. The van der Waals surface area contributed by atoms with Gasteiger partial charge in [0.15, 0.2) is 0 Å². The molecule has 10 nitrogen and oxygen atoms in total. The van der Waals surface area contributed by atoms with Gasteiger partial charge in [0.1, 0.15) is 22.5 Å². The van der Waals surface area contributed by atoms with Crippen molar-refractivity contribution in [3.63, 3.8) is 0 Å². The predicted octanol–water partition coefficient (Wildman–Crippen LogP) is 3.90. The third-order valence-electron chi connectivity index (χ3n) is 6.21. The number of carbonyl (C=O) groups excluding carboxylic acids is 1. The average Bonchev–Trinajstić information content (AvgIpc) is 2.96. The van der Waals surface area contributed by atoms with Crippen molar-refractivity contribution in [3.8, 4) is 5.75 Å². The van der Waals surface area contributed by atoms with Crippen molar-refractivity contribution in [1.29, 1.82) is 5.41 Å². The van der Waals surface area contributed by atoms with Crippen LogP contribution in [0, 0.1) is 5.41 Å². The van der Waals surface area contributed by atoms with Crippen LogP contribution in [0.1, 0.15) is 28.4 Å². The summed E-state index contributed by atoms with van der Waals surface area (Å²) in [5, 5.41) is 20.0. The van der Waals surface area contributed by atoms with E-state index in [0.717, 1.165) is 23.8 Å². The fourth-order valence-corrected chi connectivity index (χ4v) is 4.41. The number of aliphatic carboxylic acids is 1. The van der Waals surface area contributed by atoms with Crippen LogP contribution in [-0.2, 0) is 17.8 Å². The lowest BCUT2D eigenvalue weighted by atomic mass is 10.1. The van der Waals surface area contributed by atoms with Gasteiger partial charge < -0.3 is 19.7 Å². The quantitative estimate of drug-likeness (QED) is 0.252. The van der Waals surface area contributed by atoms with Crippen LogP contribution in [0.5, 0.6) is 5.75 Å². The molecule has 3 heterocycles. The second-order valence-electron chi connectivity index (χ2n) is 9.04. The molecule has 5 rings (SSSR count). The Morgan fingerprint density at radius 2 is 1.76 bits per heavy atom. The third-order valence-corrected chi connectivity index (χ3v) is 6.58. The minimum absolute atomic E-state index is 0.0541. The summed E-state index contributed by atoms with van der Waals surface area (Å²) in [5.74, 6) is -0.510. The number of rotatable bonds is 7. The molecule has 2 aromatic carbocycles. The highest BCUT2D eigenvalue weighted by molar-refractivity contribution is 6.31. The molecule has 1 amide bonds. The van der Waals surface area contributed by atoms with Crippen molar-refractivity contribution in [2.45, 2.75) is 19.9 Å². The average molecular weight is 574 g/mol. The summed E-state index contributed by atoms with van der Waals surface area (Å²) in [6.07, 6.45) is 2.23. The number of carbonyl (C=O) groups is 2. The Balaban J connectivity index is 0.000000909. The molecule has 5 aromatic rings. The monoisotopic (exact) mass is 573 g/mol. The van der Waals surface area contributed by atoms with Gasteiger partial charge in [-0.25, -0.2) is 4.98 Å². The number of nitrogens with zero attached hydrogens (tertiary/aromatic N) is 3. The lowest BCUT2D eigenvalue weighted by molar-refractivity contribution is -0.134. The lowest BCUT2D eigenvalue weighted by Crippen LogP contribution is -2.36. The minimum Gasteiger partial charge on any atom is -0.497 e. The van der Waals surface area contributed by atoms with Crippen LogP contribution >= 0.6 is 11.6 Å². The van der Waals surface area contributed by atoms with Crippen LogP contribution < -0.4 is 21.1 Å². The molecular weight excluding hydrogens is 546 g/mol. The Kier molecular flexibility index (Phi) is 9.15. The smallest absolute Gasteiger partial charge is 0.300 e. The number of hydrogen-bond donors (Lipinski definition) is 3. The lowest BCUT2D eigenvalue weighted by Gasteiger charge is -2.15. The van der Waals surface area contributed by atoms with Gasteiger partial charge in [-0.2, -0.15) is 0 Å². The van der Waals surface area contributed by atoms with E-state index in [1.165, 1.54) is 10.5 Å². The van der Waals surface area contributed by atoms with Crippen molar-refractivity contribution in [2.75, 3.05) is 13.7 Å². The van der Waals surface area contributed by atoms with Crippen LogP contribution in [0.15, 0.2) is 83.8 Å². The molecule has 210 valence electrons. The van der Waals surface area contributed by atoms with Crippen molar-refractivity contribution in [3.05, 3.63) is 117 Å². The number of hydrogen-bond acceptors (Lipinski definition) is 6. The molecule has 0 fully saturated rings. The Hall–Kier alpha value is -4.96. The molecule has 0 saturated carbocycles. The number of halogens is 1. The molecule has 0 atom stereocenters. The van der Waals surface area contributed by atoms with Gasteiger partial charge in [0, 0.05) is 24.7 Å². The maximum Gasteiger partial charge on any atom is 0.300 e. The SMILES string of the molecule is CC(=O)O.COc1ccc(CCNC(=O)c2cc3c(=O)n4ccccc4nc3n(Cc3ccccc3Cl)c2=N)cc1. The van der Waals surface area contributed by atoms with Gasteiger partial charge in [0.2, 0.25) is 0 Å². The number of ether oxygens (including phenoxy) is 1. The van der Waals surface area contributed by atoms with Crippen LogP contribution in [0.3, 0.4) is 0 Å². The fraction of sp³-hybridized carbons (Fsp3) is 0.167. The zero-order valence-corrected chi connectivity index (χ0v) is 23.2. The van der Waals surface area contributed by atoms with Crippen LogP contribution in [0.25, 0.3) is 16.7 Å². The molecule has 11 heteroatoms. The van der Waals surface area contributed by atoms with E-state index in [4.69, 9.17) is 31.6 Å². The molecule has 0 unspecified atom stereocenters. The summed E-state index contributed by atoms with van der Waals surface area (Å²) >= 11 is 6.40. The van der Waals surface area contributed by atoms with Gasteiger partial charge in [0.05, 0.1) is 24.6 Å². The van der Waals surface area contributed by atoms with Gasteiger partial charge in [0.25, 0.3) is 17.4 Å². The van der Waals surface area contributed by atoms with Gasteiger partial charge in [-0.15, -0.1) is 0 Å². The topological polar surface area (TPSA) is 139 Å². The molecule has 0 aliphatic rings. The number of carboxylic acids is 1. The first-order valence-corrected chi connectivity index (χ1v) is 13.0. The molecule has 0 spiro atoms. The first-order valence-electron chi connectivity index (χ1n) is 12.6. The first kappa shape index (κ1) is 29.0. The van der Waals surface area contributed by atoms with Gasteiger partial charge in [-0.05, 0) is 53.9 Å². The molecule has 0 aliphatic heterocycles. The summed E-state index contributed by atoms with van der Waals surface area (Å²) in [6, 6.07) is 21.6. The number of fused-ring (bicyclic) bond motifs is 2. The zero-order valence-electron chi connectivity index (χ0n) is 22.4. The Morgan fingerprint density at radius 3 is 2.44 bits per heavy atom. The van der Waals surface area contributed by atoms with E-state index in [9.17, 15) is 9.59 Å². The van der Waals surface area contributed by atoms with Gasteiger partial charge in [-0.1, -0.05) is 48.0 Å². The minimum atomic E-state index is -0.833. The van der Waals surface area contributed by atoms with E-state index in [1.54, 1.807) is 42.1 Å². The first-order chi connectivity index (χ1) is 19.7. The van der Waals surface area contributed by atoms with E-state index < -0.39 is 11.9 Å². The third kappa shape index (κ3) is 6.79. The van der Waals surface area contributed by atoms with Crippen molar-refractivity contribution >= 4 is 40.2 Å². The normalized spacial score (nSPS) is 10.6. The highest BCUT2D eigenvalue weighted by Gasteiger charge is 2.18. The van der Waals surface area contributed by atoms with Crippen LogP contribution in [0.2, 0.25) is 5.02 Å². The Labute approximate surface area is 239 Å². The van der Waals surface area contributed by atoms with E-state index in [-0.39, 0.29) is 28.5 Å². The number of aromatic nitrogens is 3. The summed E-state index contributed by atoms with van der Waals surface area (Å²) < 4.78 is 8.17. The molecule has 0 bridgehead atoms. The fourth-order valence-electron chi connectivity index (χ4n) is 4.22. The molecule has 0 radical (unpaired) electrons. The summed E-state index contributed by atoms with van der Waals surface area (Å²) in [7, 11) is 1.61. The number of carboxylic acid groups (broad SMARTS) is 1. The number of benzene rings is 2. The molecular formula is C30H28ClN5O5. The van der Waals surface area contributed by atoms with E-state index in [1.807, 2.05) is 42.5 Å². The summed E-state index contributed by atoms with van der Waals surface area (Å²) in [4.78, 5) is 40.3. The summed E-state index contributed by atoms with van der Waals surface area (Å²) in [5.41, 5.74) is 2.26. The van der Waals surface area contributed by atoms with E-state index >= 15 is 0 Å². The summed E-state index contributed by atoms with van der Waals surface area (Å²) in [6.45, 7) is 1.62. The molecule has 3 aromatic heterocycles. The second kappa shape index (κ2) is 12.9. The molecule has 41 heavy (non-hydrogen) atoms. The van der Waals surface area contributed by atoms with Crippen molar-refractivity contribution in [2.24, 2.45) is 0 Å². The van der Waals surface area contributed by atoms with Crippen LogP contribution in [0.4, 0.5) is 0 Å². The number of amides is 1. The Morgan fingerprint density at radius 1 is 1.07 bits per heavy atom. The van der Waals surface area contributed by atoms with Crippen LogP contribution in [-0.4, -0.2) is 44.6 Å². The van der Waals surface area contributed by atoms with Crippen molar-refractivity contribution < 1.29 is 19.4 Å². The molecule has 0 saturated heterocycles. The van der Waals surface area contributed by atoms with Gasteiger partial charge >= 0.3 is 0 Å². The molecule has 0 aliphatic carbocycles. The molecule has 3 N–H and O–H groups in total. The highest BCUT2D eigenvalue weighted by Crippen LogP contribution is 2.18. The van der Waals surface area contributed by atoms with Gasteiger partial charge in [-0.3, -0.25) is 24.2 Å². The van der Waals surface area contributed by atoms with E-state index in [0.29, 0.717) is 29.3 Å². The highest BCUT2D eigenvalue weighted by atomic mass is 35.5. The zero-order chi connectivity index (χ0) is 29.5. The number of methoxy groups -OCH3 is 1. The maximum atomic E-state index is 13.4. The second-order valence-corrected chi connectivity index (χ2v) is 9.45. The standard InChI is InChI=1S/C28H24ClN5O3.C2H4O2/c1-37-20-11-9-18(10-12-20)13-14-31-27(35)21-16-22-26(32-24-8-4-5-15-33(24)28(22)36)34(25(21)30)17-19-6-2-3-7-23(19)29;1-2(3)4/h2-12,15-16,30H,13-14,17H2,1H3,(H,31,35);1H3,(H,3,4). The maximum absolute atomic E-state index is 13.4. The Bertz CT molecular complexity index is 1840. The number of nitrogens with one attached hydrogen (secondary N) is 2. The predicted molar refractivity (Wildman–Crippen MR) is 156 cm³/mol. The van der Waals surface area contributed by atoms with Crippen molar-refractivity contribution in [1.82, 2.24) is 19.3 Å². The van der Waals surface area contributed by atoms with E-state index in [2.05, 4.69) is 10.3 Å². The number of pyridine rings is 2.